The molecule has 0 N–H and O–H groups in total. The van der Waals surface area contributed by atoms with E-state index in [1.165, 1.54) is 0 Å². The van der Waals surface area contributed by atoms with Crippen molar-refractivity contribution in [3.63, 3.8) is 0 Å². The SMILES string of the molecule is N#CCCN(CCN1CCOCC1)S(=O)(=O)c1c(F)cccc1F. The molecule has 1 heterocycles. The maximum atomic E-state index is 13.9. The number of sulfonamides is 1. The van der Waals surface area contributed by atoms with E-state index in [1.54, 1.807) is 0 Å². The number of morpholine rings is 1. The Kier molecular flexibility index (Phi) is 6.62. The standard InChI is InChI=1S/C15H19F2N3O3S/c16-13-3-1-4-14(17)15(13)24(21,22)20(6-2-5-18)8-7-19-9-11-23-12-10-19/h1,3-4H,2,6-12H2. The van der Waals surface area contributed by atoms with Crippen LogP contribution in [0.4, 0.5) is 8.78 Å². The van der Waals surface area contributed by atoms with Gasteiger partial charge in [0.2, 0.25) is 10.0 Å². The molecule has 1 fully saturated rings. The minimum absolute atomic E-state index is 0.0534. The number of hydrogen-bond donors (Lipinski definition) is 0. The third kappa shape index (κ3) is 4.48. The zero-order valence-corrected chi connectivity index (χ0v) is 13.9. The largest absolute Gasteiger partial charge is 0.379 e. The normalized spacial score (nSPS) is 16.2. The average molecular weight is 359 g/mol. The van der Waals surface area contributed by atoms with E-state index in [-0.39, 0.29) is 19.5 Å². The van der Waals surface area contributed by atoms with Gasteiger partial charge in [0.15, 0.2) is 4.90 Å². The zero-order valence-electron chi connectivity index (χ0n) is 13.1. The van der Waals surface area contributed by atoms with Crippen molar-refractivity contribution in [3.05, 3.63) is 29.8 Å². The van der Waals surface area contributed by atoms with Crippen molar-refractivity contribution in [1.29, 1.82) is 5.26 Å². The number of nitrogens with zero attached hydrogens (tertiary/aromatic N) is 3. The molecule has 6 nitrogen and oxygen atoms in total. The average Bonchev–Trinajstić information content (AvgIpc) is 2.55. The van der Waals surface area contributed by atoms with E-state index in [9.17, 15) is 17.2 Å². The lowest BCUT2D eigenvalue weighted by molar-refractivity contribution is 0.0363. The maximum absolute atomic E-state index is 13.9. The molecule has 1 aliphatic rings. The molecule has 24 heavy (non-hydrogen) atoms. The minimum Gasteiger partial charge on any atom is -0.379 e. The second kappa shape index (κ2) is 8.48. The fraction of sp³-hybridized carbons (Fsp3) is 0.533. The molecule has 0 unspecified atom stereocenters. The maximum Gasteiger partial charge on any atom is 0.249 e. The van der Waals surface area contributed by atoms with Crippen LogP contribution in [0.2, 0.25) is 0 Å². The summed E-state index contributed by atoms with van der Waals surface area (Å²) >= 11 is 0. The van der Waals surface area contributed by atoms with Crippen LogP contribution in [0.3, 0.4) is 0 Å². The molecule has 2 rings (SSSR count). The van der Waals surface area contributed by atoms with Gasteiger partial charge < -0.3 is 4.74 Å². The Labute approximate surface area is 140 Å². The highest BCUT2D eigenvalue weighted by atomic mass is 32.2. The van der Waals surface area contributed by atoms with Crippen LogP contribution in [-0.4, -0.2) is 63.6 Å². The molecule has 1 saturated heterocycles. The minimum atomic E-state index is -4.36. The van der Waals surface area contributed by atoms with E-state index in [2.05, 4.69) is 0 Å². The summed E-state index contributed by atoms with van der Waals surface area (Å²) in [5, 5.41) is 8.73. The van der Waals surface area contributed by atoms with E-state index in [4.69, 9.17) is 10.00 Å². The van der Waals surface area contributed by atoms with E-state index < -0.39 is 26.6 Å². The van der Waals surface area contributed by atoms with E-state index in [0.717, 1.165) is 22.5 Å². The van der Waals surface area contributed by atoms with Gasteiger partial charge in [-0.25, -0.2) is 17.2 Å². The highest BCUT2D eigenvalue weighted by Gasteiger charge is 2.30. The summed E-state index contributed by atoms with van der Waals surface area (Å²) in [5.41, 5.74) is 0. The Bertz CT molecular complexity index is 680. The monoisotopic (exact) mass is 359 g/mol. The smallest absolute Gasteiger partial charge is 0.249 e. The Morgan fingerprint density at radius 1 is 1.21 bits per heavy atom. The van der Waals surface area contributed by atoms with E-state index in [1.807, 2.05) is 11.0 Å². The quantitative estimate of drug-likeness (QED) is 0.731. The number of halogens is 2. The summed E-state index contributed by atoms with van der Waals surface area (Å²) in [7, 11) is -4.36. The molecule has 1 aromatic rings. The van der Waals surface area contributed by atoms with E-state index in [0.29, 0.717) is 32.8 Å². The Morgan fingerprint density at radius 2 is 1.83 bits per heavy atom. The van der Waals surface area contributed by atoms with Crippen LogP contribution >= 0.6 is 0 Å². The van der Waals surface area contributed by atoms with Crippen molar-refractivity contribution in [2.75, 3.05) is 45.9 Å². The third-order valence-corrected chi connectivity index (χ3v) is 5.71. The van der Waals surface area contributed by atoms with Gasteiger partial charge in [0, 0.05) is 39.1 Å². The van der Waals surface area contributed by atoms with Gasteiger partial charge in [-0.05, 0) is 12.1 Å². The van der Waals surface area contributed by atoms with Crippen LogP contribution in [0, 0.1) is 23.0 Å². The van der Waals surface area contributed by atoms with Gasteiger partial charge in [-0.2, -0.15) is 9.57 Å². The lowest BCUT2D eigenvalue weighted by atomic mass is 10.3. The van der Waals surface area contributed by atoms with Crippen LogP contribution in [0.5, 0.6) is 0 Å². The summed E-state index contributed by atoms with van der Waals surface area (Å²) < 4.78 is 59.3. The number of ether oxygens (including phenoxy) is 1. The third-order valence-electron chi connectivity index (χ3n) is 3.76. The molecule has 0 aromatic heterocycles. The van der Waals surface area contributed by atoms with Gasteiger partial charge in [0.05, 0.1) is 19.3 Å². The highest BCUT2D eigenvalue weighted by molar-refractivity contribution is 7.89. The van der Waals surface area contributed by atoms with Gasteiger partial charge >= 0.3 is 0 Å². The second-order valence-corrected chi connectivity index (χ2v) is 7.19. The molecular formula is C15H19F2N3O3S. The summed E-state index contributed by atoms with van der Waals surface area (Å²) in [4.78, 5) is 1.04. The first kappa shape index (κ1) is 18.7. The topological polar surface area (TPSA) is 73.6 Å². The second-order valence-electron chi connectivity index (χ2n) is 5.32. The molecule has 0 bridgehead atoms. The number of nitriles is 1. The predicted molar refractivity (Wildman–Crippen MR) is 82.6 cm³/mol. The molecule has 0 saturated carbocycles. The molecular weight excluding hydrogens is 340 g/mol. The van der Waals surface area contributed by atoms with Gasteiger partial charge in [0.1, 0.15) is 11.6 Å². The van der Waals surface area contributed by atoms with Crippen molar-refractivity contribution in [2.45, 2.75) is 11.3 Å². The van der Waals surface area contributed by atoms with Crippen LogP contribution < -0.4 is 0 Å². The first-order chi connectivity index (χ1) is 11.5. The van der Waals surface area contributed by atoms with Crippen LogP contribution in [0.1, 0.15) is 6.42 Å². The first-order valence-corrected chi connectivity index (χ1v) is 9.02. The van der Waals surface area contributed by atoms with Crippen molar-refractivity contribution in [2.24, 2.45) is 0 Å². The zero-order chi connectivity index (χ0) is 17.6. The lowest BCUT2D eigenvalue weighted by Crippen LogP contribution is -2.43. The van der Waals surface area contributed by atoms with Crippen LogP contribution in [-0.2, 0) is 14.8 Å². The summed E-state index contributed by atoms with van der Waals surface area (Å²) in [6.07, 6.45) is -0.0571. The van der Waals surface area contributed by atoms with Crippen molar-refractivity contribution in [1.82, 2.24) is 9.21 Å². The first-order valence-electron chi connectivity index (χ1n) is 7.58. The van der Waals surface area contributed by atoms with E-state index >= 15 is 0 Å². The molecule has 0 amide bonds. The van der Waals surface area contributed by atoms with Crippen LogP contribution in [0.15, 0.2) is 23.1 Å². The van der Waals surface area contributed by atoms with Gasteiger partial charge in [-0.1, -0.05) is 6.07 Å². The van der Waals surface area contributed by atoms with Crippen molar-refractivity contribution >= 4 is 10.0 Å². The number of rotatable bonds is 7. The fourth-order valence-electron chi connectivity index (χ4n) is 2.46. The number of benzene rings is 1. The Balaban J connectivity index is 2.20. The Hall–Kier alpha value is -1.60. The molecule has 132 valence electrons. The van der Waals surface area contributed by atoms with Gasteiger partial charge in [0.25, 0.3) is 0 Å². The number of hydrogen-bond acceptors (Lipinski definition) is 5. The van der Waals surface area contributed by atoms with Gasteiger partial charge in [-0.15, -0.1) is 0 Å². The van der Waals surface area contributed by atoms with Crippen LogP contribution in [0.25, 0.3) is 0 Å². The molecule has 1 aliphatic heterocycles. The molecule has 1 aromatic carbocycles. The van der Waals surface area contributed by atoms with Crippen molar-refractivity contribution < 1.29 is 21.9 Å². The fourth-order valence-corrected chi connectivity index (χ4v) is 4.00. The van der Waals surface area contributed by atoms with Crippen molar-refractivity contribution in [3.8, 4) is 6.07 Å². The predicted octanol–water partition coefficient (Wildman–Crippen LogP) is 1.20. The summed E-state index contributed by atoms with van der Waals surface area (Å²) in [6, 6.07) is 4.78. The highest BCUT2D eigenvalue weighted by Crippen LogP contribution is 2.22. The molecule has 0 aliphatic carbocycles. The molecule has 0 atom stereocenters. The summed E-state index contributed by atoms with van der Waals surface area (Å²) in [5.74, 6) is -2.27. The molecule has 0 radical (unpaired) electrons. The molecule has 9 heteroatoms. The molecule has 0 spiro atoms. The Morgan fingerprint density at radius 3 is 2.42 bits per heavy atom. The van der Waals surface area contributed by atoms with Gasteiger partial charge in [-0.3, -0.25) is 4.90 Å². The lowest BCUT2D eigenvalue weighted by Gasteiger charge is -2.29. The summed E-state index contributed by atoms with van der Waals surface area (Å²) in [6.45, 7) is 2.80.